The van der Waals surface area contributed by atoms with Crippen molar-refractivity contribution >= 4 is 0 Å². The van der Waals surface area contributed by atoms with Crippen LogP contribution in [0.25, 0.3) is 0 Å². The summed E-state index contributed by atoms with van der Waals surface area (Å²) in [5.74, 6) is 0.888. The zero-order chi connectivity index (χ0) is 15.5. The molecule has 1 aromatic carbocycles. The van der Waals surface area contributed by atoms with Crippen LogP contribution in [0.3, 0.4) is 0 Å². The molecule has 6 nitrogen and oxygen atoms in total. The van der Waals surface area contributed by atoms with Gasteiger partial charge in [0.15, 0.2) is 0 Å². The van der Waals surface area contributed by atoms with Gasteiger partial charge < -0.3 is 9.47 Å². The number of nitrogens with one attached hydrogen (secondary N) is 2. The minimum Gasteiger partial charge on any atom is -0.440 e. The van der Waals surface area contributed by atoms with Crippen LogP contribution in [-0.2, 0) is 17.8 Å². The second-order valence-electron chi connectivity index (χ2n) is 5.34. The molecule has 1 aliphatic rings. The predicted octanol–water partition coefficient (Wildman–Crippen LogP) is 2.08. The summed E-state index contributed by atoms with van der Waals surface area (Å²) >= 11 is 0. The summed E-state index contributed by atoms with van der Waals surface area (Å²) in [5, 5.41) is 0. The van der Waals surface area contributed by atoms with Gasteiger partial charge in [-0.15, -0.1) is 0 Å². The Hall–Kier alpha value is -2.34. The first-order valence-corrected chi connectivity index (χ1v) is 7.40. The SMILES string of the molecule is CCCCOCc1ccc2c(c1)Cc1c([nH]c(=O)[nH]c1=O)O2. The standard InChI is InChI=1S/C16H18N2O4/c1-2-3-6-21-9-10-4-5-13-11(7-10)8-12-14(19)17-16(20)18-15(12)22-13/h4-5,7H,2-3,6,8-9H2,1H3,(H2,17,18,19,20). The zero-order valence-electron chi connectivity index (χ0n) is 12.4. The predicted molar refractivity (Wildman–Crippen MR) is 81.6 cm³/mol. The number of hydrogen-bond donors (Lipinski definition) is 2. The lowest BCUT2D eigenvalue weighted by molar-refractivity contribution is 0.118. The average molecular weight is 302 g/mol. The second-order valence-corrected chi connectivity index (χ2v) is 5.34. The monoisotopic (exact) mass is 302 g/mol. The fraction of sp³-hybridized carbons (Fsp3) is 0.375. The molecule has 2 N–H and O–H groups in total. The molecule has 0 radical (unpaired) electrons. The highest BCUT2D eigenvalue weighted by Crippen LogP contribution is 2.33. The van der Waals surface area contributed by atoms with Crippen LogP contribution in [0, 0.1) is 0 Å². The van der Waals surface area contributed by atoms with E-state index in [4.69, 9.17) is 9.47 Å². The molecule has 2 heterocycles. The molecule has 0 saturated heterocycles. The van der Waals surface area contributed by atoms with Crippen LogP contribution in [-0.4, -0.2) is 16.6 Å². The molecular formula is C16H18N2O4. The lowest BCUT2D eigenvalue weighted by Gasteiger charge is -2.19. The molecule has 6 heteroatoms. The van der Waals surface area contributed by atoms with Crippen molar-refractivity contribution in [3.05, 3.63) is 55.7 Å². The van der Waals surface area contributed by atoms with E-state index >= 15 is 0 Å². The van der Waals surface area contributed by atoms with Crippen molar-refractivity contribution < 1.29 is 9.47 Å². The number of benzene rings is 1. The maximum Gasteiger partial charge on any atom is 0.328 e. The Morgan fingerprint density at radius 1 is 1.27 bits per heavy atom. The largest absolute Gasteiger partial charge is 0.440 e. The van der Waals surface area contributed by atoms with Gasteiger partial charge in [-0.1, -0.05) is 19.4 Å². The van der Waals surface area contributed by atoms with Crippen molar-refractivity contribution in [2.75, 3.05) is 6.61 Å². The van der Waals surface area contributed by atoms with Gasteiger partial charge in [-0.2, -0.15) is 0 Å². The molecule has 116 valence electrons. The van der Waals surface area contributed by atoms with Crippen molar-refractivity contribution in [3.63, 3.8) is 0 Å². The topological polar surface area (TPSA) is 84.2 Å². The van der Waals surface area contributed by atoms with E-state index in [-0.39, 0.29) is 5.88 Å². The molecule has 22 heavy (non-hydrogen) atoms. The molecule has 1 aliphatic heterocycles. The number of ether oxygens (including phenoxy) is 2. The van der Waals surface area contributed by atoms with Gasteiger partial charge in [0.05, 0.1) is 12.2 Å². The minimum absolute atomic E-state index is 0.230. The van der Waals surface area contributed by atoms with Crippen LogP contribution >= 0.6 is 0 Å². The zero-order valence-corrected chi connectivity index (χ0v) is 12.4. The van der Waals surface area contributed by atoms with Gasteiger partial charge in [-0.25, -0.2) is 4.79 Å². The molecule has 0 aliphatic carbocycles. The van der Waals surface area contributed by atoms with E-state index in [1.54, 1.807) is 0 Å². The normalized spacial score (nSPS) is 12.4. The first-order chi connectivity index (χ1) is 10.7. The summed E-state index contributed by atoms with van der Waals surface area (Å²) in [7, 11) is 0. The van der Waals surface area contributed by atoms with Gasteiger partial charge in [-0.05, 0) is 29.7 Å². The van der Waals surface area contributed by atoms with Crippen molar-refractivity contribution in [2.24, 2.45) is 0 Å². The Morgan fingerprint density at radius 2 is 2.14 bits per heavy atom. The lowest BCUT2D eigenvalue weighted by Crippen LogP contribution is -2.28. The third-order valence-corrected chi connectivity index (χ3v) is 3.62. The van der Waals surface area contributed by atoms with Crippen LogP contribution in [0.4, 0.5) is 0 Å². The molecule has 3 rings (SSSR count). The van der Waals surface area contributed by atoms with E-state index in [1.165, 1.54) is 0 Å². The number of aromatic amines is 2. The van der Waals surface area contributed by atoms with E-state index in [9.17, 15) is 9.59 Å². The van der Waals surface area contributed by atoms with Gasteiger partial charge in [0.1, 0.15) is 5.75 Å². The fourth-order valence-electron chi connectivity index (χ4n) is 2.44. The van der Waals surface area contributed by atoms with Crippen LogP contribution in [0.1, 0.15) is 36.5 Å². The molecule has 0 fully saturated rings. The molecular weight excluding hydrogens is 284 g/mol. The average Bonchev–Trinajstić information content (AvgIpc) is 2.50. The summed E-state index contributed by atoms with van der Waals surface area (Å²) in [6.45, 7) is 3.41. The van der Waals surface area contributed by atoms with Gasteiger partial charge >= 0.3 is 5.69 Å². The summed E-state index contributed by atoms with van der Waals surface area (Å²) in [6.07, 6.45) is 2.58. The number of aromatic nitrogens is 2. The highest BCUT2D eigenvalue weighted by Gasteiger charge is 2.21. The van der Waals surface area contributed by atoms with Gasteiger partial charge in [-0.3, -0.25) is 14.8 Å². The van der Waals surface area contributed by atoms with Crippen molar-refractivity contribution in [1.29, 1.82) is 0 Å². The quantitative estimate of drug-likeness (QED) is 0.707. The number of fused-ring (bicyclic) bond motifs is 2. The highest BCUT2D eigenvalue weighted by molar-refractivity contribution is 5.47. The van der Waals surface area contributed by atoms with Gasteiger partial charge in [0.25, 0.3) is 5.56 Å². The Bertz CT molecular complexity index is 791. The van der Waals surface area contributed by atoms with Crippen LogP contribution in [0.2, 0.25) is 0 Å². The molecule has 0 saturated carbocycles. The van der Waals surface area contributed by atoms with Crippen molar-refractivity contribution in [1.82, 2.24) is 9.97 Å². The highest BCUT2D eigenvalue weighted by atomic mass is 16.5. The molecule has 0 unspecified atom stereocenters. The second kappa shape index (κ2) is 6.19. The maximum atomic E-state index is 11.8. The Balaban J connectivity index is 1.81. The van der Waals surface area contributed by atoms with Crippen LogP contribution < -0.4 is 16.0 Å². The van der Waals surface area contributed by atoms with Crippen molar-refractivity contribution in [3.8, 4) is 11.6 Å². The molecule has 2 aromatic rings. The summed E-state index contributed by atoms with van der Waals surface area (Å²) < 4.78 is 11.2. The van der Waals surface area contributed by atoms with Gasteiger partial charge in [0, 0.05) is 13.0 Å². The first-order valence-electron chi connectivity index (χ1n) is 7.40. The third kappa shape index (κ3) is 2.96. The Morgan fingerprint density at radius 3 is 2.95 bits per heavy atom. The summed E-state index contributed by atoms with van der Waals surface area (Å²) in [6, 6.07) is 5.76. The van der Waals surface area contributed by atoms with Gasteiger partial charge in [0.2, 0.25) is 5.88 Å². The minimum atomic E-state index is -0.562. The van der Waals surface area contributed by atoms with E-state index < -0.39 is 11.2 Å². The Labute approximate surface area is 127 Å². The number of H-pyrrole nitrogens is 2. The van der Waals surface area contributed by atoms with E-state index in [1.807, 2.05) is 18.2 Å². The summed E-state index contributed by atoms with van der Waals surface area (Å²) in [4.78, 5) is 27.9. The van der Waals surface area contributed by atoms with E-state index in [2.05, 4.69) is 16.9 Å². The molecule has 0 atom stereocenters. The third-order valence-electron chi connectivity index (χ3n) is 3.62. The van der Waals surface area contributed by atoms with Crippen LogP contribution in [0.15, 0.2) is 27.8 Å². The Kier molecular flexibility index (Phi) is 4.11. The molecule has 0 spiro atoms. The fourth-order valence-corrected chi connectivity index (χ4v) is 2.44. The number of rotatable bonds is 5. The molecule has 0 amide bonds. The summed E-state index contributed by atoms with van der Waals surface area (Å²) in [5.41, 5.74) is 1.43. The number of hydrogen-bond acceptors (Lipinski definition) is 4. The molecule has 0 bridgehead atoms. The smallest absolute Gasteiger partial charge is 0.328 e. The number of unbranched alkanes of at least 4 members (excludes halogenated alkanes) is 1. The lowest BCUT2D eigenvalue weighted by atomic mass is 10.0. The van der Waals surface area contributed by atoms with Crippen molar-refractivity contribution in [2.45, 2.75) is 32.8 Å². The van der Waals surface area contributed by atoms with Crippen LogP contribution in [0.5, 0.6) is 11.6 Å². The maximum absolute atomic E-state index is 11.8. The van der Waals surface area contributed by atoms with E-state index in [0.717, 1.165) is 30.6 Å². The van der Waals surface area contributed by atoms with E-state index in [0.29, 0.717) is 24.3 Å². The first kappa shape index (κ1) is 14.6. The molecule has 1 aromatic heterocycles.